The molecular weight excluding hydrogens is 124 g/mol. The van der Waals surface area contributed by atoms with Crippen LogP contribution in [-0.2, 0) is 7.05 Å². The molecule has 0 fully saturated rings. The number of aromatic nitrogens is 2. The van der Waals surface area contributed by atoms with Gasteiger partial charge in [-0.3, -0.25) is 4.79 Å². The topological polar surface area (TPSA) is 65.1 Å². The molecule has 0 saturated heterocycles. The fourth-order valence-corrected chi connectivity index (χ4v) is 0.412. The van der Waals surface area contributed by atoms with Crippen molar-refractivity contribution >= 4 is 6.29 Å². The number of carbonyl (C=O) groups excluding carboxylic acids is 1. The van der Waals surface area contributed by atoms with Gasteiger partial charge in [-0.25, -0.2) is 4.79 Å². The van der Waals surface area contributed by atoms with E-state index in [1.54, 1.807) is 0 Å². The number of rotatable bonds is 1. The van der Waals surface area contributed by atoms with Gasteiger partial charge in [0.15, 0.2) is 0 Å². The fourth-order valence-electron chi connectivity index (χ4n) is 0.412. The van der Waals surface area contributed by atoms with Crippen LogP contribution in [0.15, 0.2) is 9.21 Å². The van der Waals surface area contributed by atoms with E-state index in [0.717, 1.165) is 4.68 Å². The molecule has 1 rings (SSSR count). The standard InChI is InChI=1S/C4H4N2O3/c1-6-4(8)9-3(2-7)5-6/h2H,1H3. The van der Waals surface area contributed by atoms with E-state index >= 15 is 0 Å². The third kappa shape index (κ3) is 0.883. The molecule has 0 unspecified atom stereocenters. The summed E-state index contributed by atoms with van der Waals surface area (Å²) in [6, 6.07) is 0. The lowest BCUT2D eigenvalue weighted by molar-refractivity contribution is 0.109. The van der Waals surface area contributed by atoms with Gasteiger partial charge in [-0.2, -0.15) is 4.68 Å². The highest BCUT2D eigenvalue weighted by Crippen LogP contribution is 1.79. The van der Waals surface area contributed by atoms with E-state index in [9.17, 15) is 9.59 Å². The Morgan fingerprint density at radius 2 is 2.44 bits per heavy atom. The minimum absolute atomic E-state index is 0.192. The van der Waals surface area contributed by atoms with Crippen LogP contribution in [0, 0.1) is 0 Å². The Labute approximate surface area is 49.9 Å². The average molecular weight is 128 g/mol. The van der Waals surface area contributed by atoms with Crippen LogP contribution in [0.3, 0.4) is 0 Å². The summed E-state index contributed by atoms with van der Waals surface area (Å²) in [5.74, 6) is -0.820. The van der Waals surface area contributed by atoms with Crippen LogP contribution in [-0.4, -0.2) is 16.1 Å². The van der Waals surface area contributed by atoms with Crippen molar-refractivity contribution in [3.8, 4) is 0 Å². The van der Waals surface area contributed by atoms with E-state index in [4.69, 9.17) is 0 Å². The normalized spacial score (nSPS) is 9.44. The molecule has 0 aliphatic heterocycles. The van der Waals surface area contributed by atoms with Gasteiger partial charge in [0.1, 0.15) is 0 Å². The van der Waals surface area contributed by atoms with E-state index < -0.39 is 5.76 Å². The molecule has 0 amide bonds. The SMILES string of the molecule is Cn1nc(C=O)oc1=O. The van der Waals surface area contributed by atoms with Gasteiger partial charge in [-0.15, -0.1) is 5.10 Å². The molecule has 1 aromatic rings. The Balaban J connectivity index is 3.28. The van der Waals surface area contributed by atoms with Gasteiger partial charge in [-0.1, -0.05) is 0 Å². The van der Waals surface area contributed by atoms with Gasteiger partial charge in [0.2, 0.25) is 6.29 Å². The van der Waals surface area contributed by atoms with Gasteiger partial charge in [0.25, 0.3) is 5.89 Å². The van der Waals surface area contributed by atoms with Crippen LogP contribution in [0.25, 0.3) is 0 Å². The molecule has 0 aromatic carbocycles. The Bertz CT molecular complexity index is 272. The zero-order valence-corrected chi connectivity index (χ0v) is 4.70. The summed E-state index contributed by atoms with van der Waals surface area (Å²) in [5.41, 5.74) is 0. The fraction of sp³-hybridized carbons (Fsp3) is 0.250. The summed E-state index contributed by atoms with van der Waals surface area (Å²) in [5, 5.41) is 3.40. The van der Waals surface area contributed by atoms with E-state index in [-0.39, 0.29) is 5.89 Å². The van der Waals surface area contributed by atoms with Crippen molar-refractivity contribution in [1.29, 1.82) is 0 Å². The van der Waals surface area contributed by atoms with Gasteiger partial charge in [0.05, 0.1) is 0 Å². The minimum Gasteiger partial charge on any atom is -0.385 e. The average Bonchev–Trinajstić information content (AvgIpc) is 2.13. The highest BCUT2D eigenvalue weighted by molar-refractivity contribution is 5.66. The number of hydrogen-bond acceptors (Lipinski definition) is 4. The first kappa shape index (κ1) is 5.74. The molecule has 0 aliphatic rings. The predicted molar refractivity (Wildman–Crippen MR) is 27.1 cm³/mol. The second-order valence-corrected chi connectivity index (χ2v) is 1.45. The van der Waals surface area contributed by atoms with Crippen molar-refractivity contribution in [1.82, 2.24) is 9.78 Å². The molecule has 0 atom stereocenters. The molecule has 1 aromatic heterocycles. The van der Waals surface area contributed by atoms with Gasteiger partial charge in [0, 0.05) is 7.05 Å². The molecule has 0 aliphatic carbocycles. The van der Waals surface area contributed by atoms with E-state index in [0.29, 0.717) is 6.29 Å². The first-order valence-corrected chi connectivity index (χ1v) is 2.23. The summed E-state index contributed by atoms with van der Waals surface area (Å²) in [4.78, 5) is 20.2. The zero-order valence-electron chi connectivity index (χ0n) is 4.70. The van der Waals surface area contributed by atoms with Crippen LogP contribution in [0.4, 0.5) is 0 Å². The number of hydrogen-bond donors (Lipinski definition) is 0. The van der Waals surface area contributed by atoms with Crippen molar-refractivity contribution in [2.24, 2.45) is 7.05 Å². The van der Waals surface area contributed by atoms with Crippen molar-refractivity contribution in [3.63, 3.8) is 0 Å². The maximum atomic E-state index is 10.4. The third-order valence-corrected chi connectivity index (χ3v) is 0.805. The summed E-state index contributed by atoms with van der Waals surface area (Å²) in [6.45, 7) is 0. The molecule has 0 bridgehead atoms. The Morgan fingerprint density at radius 1 is 1.78 bits per heavy atom. The third-order valence-electron chi connectivity index (χ3n) is 0.805. The van der Waals surface area contributed by atoms with E-state index in [2.05, 4.69) is 9.52 Å². The quantitative estimate of drug-likeness (QED) is 0.464. The maximum Gasteiger partial charge on any atom is 0.437 e. The van der Waals surface area contributed by atoms with Crippen LogP contribution >= 0.6 is 0 Å². The molecule has 9 heavy (non-hydrogen) atoms. The number of aldehydes is 1. The Morgan fingerprint density at radius 3 is 2.67 bits per heavy atom. The second-order valence-electron chi connectivity index (χ2n) is 1.45. The maximum absolute atomic E-state index is 10.4. The molecule has 0 spiro atoms. The van der Waals surface area contributed by atoms with Gasteiger partial charge < -0.3 is 4.42 Å². The molecule has 48 valence electrons. The minimum atomic E-state index is -0.628. The highest BCUT2D eigenvalue weighted by Gasteiger charge is 1.99. The largest absolute Gasteiger partial charge is 0.437 e. The zero-order chi connectivity index (χ0) is 6.85. The van der Waals surface area contributed by atoms with E-state index in [1.165, 1.54) is 7.05 Å². The highest BCUT2D eigenvalue weighted by atomic mass is 16.4. The molecule has 0 N–H and O–H groups in total. The lowest BCUT2D eigenvalue weighted by atomic mass is 10.8. The van der Waals surface area contributed by atoms with Crippen molar-refractivity contribution in [2.45, 2.75) is 0 Å². The van der Waals surface area contributed by atoms with Crippen LogP contribution < -0.4 is 5.76 Å². The summed E-state index contributed by atoms with van der Waals surface area (Å²) < 4.78 is 5.24. The van der Waals surface area contributed by atoms with Crippen LogP contribution in [0.5, 0.6) is 0 Å². The molecule has 0 radical (unpaired) electrons. The number of aryl methyl sites for hydroxylation is 1. The number of nitrogens with zero attached hydrogens (tertiary/aromatic N) is 2. The Hall–Kier alpha value is -1.39. The summed E-state index contributed by atoms with van der Waals surface area (Å²) >= 11 is 0. The second kappa shape index (κ2) is 1.85. The summed E-state index contributed by atoms with van der Waals surface area (Å²) in [6.07, 6.45) is 0.376. The van der Waals surface area contributed by atoms with Gasteiger partial charge in [-0.05, 0) is 0 Å². The molecule has 0 saturated carbocycles. The molecule has 1 heterocycles. The monoisotopic (exact) mass is 128 g/mol. The van der Waals surface area contributed by atoms with Crippen LogP contribution in [0.2, 0.25) is 0 Å². The lowest BCUT2D eigenvalue weighted by Gasteiger charge is -1.73. The van der Waals surface area contributed by atoms with Gasteiger partial charge >= 0.3 is 5.76 Å². The van der Waals surface area contributed by atoms with Crippen LogP contribution in [0.1, 0.15) is 10.7 Å². The molecule has 5 nitrogen and oxygen atoms in total. The van der Waals surface area contributed by atoms with Crippen molar-refractivity contribution in [3.05, 3.63) is 16.4 Å². The Kier molecular flexibility index (Phi) is 1.18. The predicted octanol–water partition coefficient (Wildman–Crippen LogP) is -0.814. The lowest BCUT2D eigenvalue weighted by Crippen LogP contribution is -2.09. The first-order chi connectivity index (χ1) is 4.24. The first-order valence-electron chi connectivity index (χ1n) is 2.23. The summed E-state index contributed by atoms with van der Waals surface area (Å²) in [7, 11) is 1.40. The number of carbonyl (C=O) groups is 1. The van der Waals surface area contributed by atoms with E-state index in [1.807, 2.05) is 0 Å². The van der Waals surface area contributed by atoms with Crippen molar-refractivity contribution < 1.29 is 9.21 Å². The molecule has 5 heteroatoms. The smallest absolute Gasteiger partial charge is 0.385 e. The van der Waals surface area contributed by atoms with Crippen molar-refractivity contribution in [2.75, 3.05) is 0 Å². The molecular formula is C4H4N2O3.